The largest absolute Gasteiger partial charge is 0.377 e. The summed E-state index contributed by atoms with van der Waals surface area (Å²) in [5, 5.41) is 0. The number of carbonyl (C=O) groups is 1. The minimum Gasteiger partial charge on any atom is -0.377 e. The Morgan fingerprint density at radius 3 is 2.73 bits per heavy atom. The molecule has 144 valence electrons. The van der Waals surface area contributed by atoms with Gasteiger partial charge in [0.1, 0.15) is 6.10 Å². The normalized spacial score (nSPS) is 26.7. The summed E-state index contributed by atoms with van der Waals surface area (Å²) in [4.78, 5) is 17.3. The standard InChI is InChI=1S/C20H28N2O3.ClH/c23-20(22-9-8-16-5-1-2-6-17(16)13-22)19-15-21(10-12-25-19)14-18-7-3-4-11-24-18;/h1-2,5-6,18-19H,3-4,7-15H2;1H. The molecule has 1 amide bonds. The van der Waals surface area contributed by atoms with Gasteiger partial charge >= 0.3 is 0 Å². The highest BCUT2D eigenvalue weighted by atomic mass is 35.5. The Morgan fingerprint density at radius 1 is 1.08 bits per heavy atom. The van der Waals surface area contributed by atoms with Gasteiger partial charge in [0.05, 0.1) is 12.7 Å². The third-order valence-electron chi connectivity index (χ3n) is 5.60. The Kier molecular flexibility index (Phi) is 6.92. The van der Waals surface area contributed by atoms with Gasteiger partial charge in [-0.25, -0.2) is 0 Å². The van der Waals surface area contributed by atoms with Crippen molar-refractivity contribution < 1.29 is 14.3 Å². The summed E-state index contributed by atoms with van der Waals surface area (Å²) in [6, 6.07) is 8.42. The topological polar surface area (TPSA) is 42.0 Å². The fourth-order valence-electron chi connectivity index (χ4n) is 4.14. The van der Waals surface area contributed by atoms with E-state index in [9.17, 15) is 4.79 Å². The molecule has 1 aromatic rings. The van der Waals surface area contributed by atoms with Gasteiger partial charge in [-0.2, -0.15) is 0 Å². The second-order valence-corrected chi connectivity index (χ2v) is 7.39. The predicted octanol–water partition coefficient (Wildman–Crippen LogP) is 2.26. The molecule has 2 atom stereocenters. The molecule has 2 unspecified atom stereocenters. The van der Waals surface area contributed by atoms with E-state index in [1.165, 1.54) is 24.0 Å². The van der Waals surface area contributed by atoms with E-state index in [1.54, 1.807) is 0 Å². The first kappa shape index (κ1) is 19.6. The Morgan fingerprint density at radius 2 is 1.92 bits per heavy atom. The predicted molar refractivity (Wildman–Crippen MR) is 103 cm³/mol. The zero-order chi connectivity index (χ0) is 17.1. The van der Waals surface area contributed by atoms with Crippen LogP contribution in [0, 0.1) is 0 Å². The van der Waals surface area contributed by atoms with E-state index in [2.05, 4.69) is 29.2 Å². The number of halogens is 1. The molecule has 0 radical (unpaired) electrons. The highest BCUT2D eigenvalue weighted by Gasteiger charge is 2.32. The van der Waals surface area contributed by atoms with E-state index in [0.29, 0.717) is 25.8 Å². The quantitative estimate of drug-likeness (QED) is 0.806. The highest BCUT2D eigenvalue weighted by molar-refractivity contribution is 5.85. The van der Waals surface area contributed by atoms with Crippen molar-refractivity contribution >= 4 is 18.3 Å². The minimum absolute atomic E-state index is 0. The lowest BCUT2D eigenvalue weighted by atomic mass is 9.99. The van der Waals surface area contributed by atoms with Gasteiger partial charge in [-0.1, -0.05) is 24.3 Å². The van der Waals surface area contributed by atoms with Crippen LogP contribution in [0.5, 0.6) is 0 Å². The summed E-state index contributed by atoms with van der Waals surface area (Å²) in [6.07, 6.45) is 4.50. The second-order valence-electron chi connectivity index (χ2n) is 7.39. The average molecular weight is 381 g/mol. The van der Waals surface area contributed by atoms with Crippen LogP contribution in [0.4, 0.5) is 0 Å². The van der Waals surface area contributed by atoms with Crippen molar-refractivity contribution in [3.63, 3.8) is 0 Å². The van der Waals surface area contributed by atoms with Crippen LogP contribution in [0.15, 0.2) is 24.3 Å². The number of morpholine rings is 1. The number of hydrogen-bond donors (Lipinski definition) is 0. The van der Waals surface area contributed by atoms with Crippen LogP contribution in [-0.4, -0.2) is 67.3 Å². The summed E-state index contributed by atoms with van der Waals surface area (Å²) in [6.45, 7) is 5.53. The van der Waals surface area contributed by atoms with Crippen molar-refractivity contribution in [1.29, 1.82) is 0 Å². The van der Waals surface area contributed by atoms with E-state index < -0.39 is 0 Å². The lowest BCUT2D eigenvalue weighted by Crippen LogP contribution is -2.53. The lowest BCUT2D eigenvalue weighted by Gasteiger charge is -2.38. The molecule has 0 spiro atoms. The maximum atomic E-state index is 12.9. The fraction of sp³-hybridized carbons (Fsp3) is 0.650. The average Bonchev–Trinajstić information content (AvgIpc) is 2.68. The smallest absolute Gasteiger partial charge is 0.253 e. The number of amides is 1. The molecule has 1 aromatic carbocycles. The van der Waals surface area contributed by atoms with Crippen LogP contribution < -0.4 is 0 Å². The minimum atomic E-state index is -0.331. The van der Waals surface area contributed by atoms with E-state index in [0.717, 1.165) is 39.1 Å². The molecule has 4 rings (SSSR count). The maximum absolute atomic E-state index is 12.9. The molecule has 2 saturated heterocycles. The van der Waals surface area contributed by atoms with Crippen LogP contribution in [0.25, 0.3) is 0 Å². The van der Waals surface area contributed by atoms with Gasteiger partial charge in [0.15, 0.2) is 0 Å². The van der Waals surface area contributed by atoms with Gasteiger partial charge in [-0.05, 0) is 36.8 Å². The molecule has 0 N–H and O–H groups in total. The molecule has 6 heteroatoms. The summed E-state index contributed by atoms with van der Waals surface area (Å²) >= 11 is 0. The van der Waals surface area contributed by atoms with Gasteiger partial charge in [0.25, 0.3) is 5.91 Å². The summed E-state index contributed by atoms with van der Waals surface area (Å²) in [5.41, 5.74) is 2.64. The number of benzene rings is 1. The molecule has 5 nitrogen and oxygen atoms in total. The molecule has 0 bridgehead atoms. The van der Waals surface area contributed by atoms with Crippen LogP contribution in [-0.2, 0) is 27.2 Å². The molecule has 26 heavy (non-hydrogen) atoms. The van der Waals surface area contributed by atoms with E-state index in [-0.39, 0.29) is 24.4 Å². The number of rotatable bonds is 3. The molecule has 0 saturated carbocycles. The number of carbonyl (C=O) groups excluding carboxylic acids is 1. The van der Waals surface area contributed by atoms with Crippen LogP contribution in [0.3, 0.4) is 0 Å². The molecular weight excluding hydrogens is 352 g/mol. The number of hydrogen-bond acceptors (Lipinski definition) is 4. The Labute approximate surface area is 162 Å². The van der Waals surface area contributed by atoms with E-state index in [4.69, 9.17) is 9.47 Å². The van der Waals surface area contributed by atoms with Crippen molar-refractivity contribution in [2.24, 2.45) is 0 Å². The summed E-state index contributed by atoms with van der Waals surface area (Å²) < 4.78 is 11.7. The lowest BCUT2D eigenvalue weighted by molar-refractivity contribution is -0.151. The van der Waals surface area contributed by atoms with E-state index >= 15 is 0 Å². The van der Waals surface area contributed by atoms with Crippen LogP contribution >= 0.6 is 12.4 Å². The molecule has 0 aliphatic carbocycles. The molecule has 2 fully saturated rings. The SMILES string of the molecule is Cl.O=C(C1CN(CC2CCCCO2)CCO1)N1CCc2ccccc2C1. The molecule has 3 aliphatic rings. The van der Waals surface area contributed by atoms with Crippen molar-refractivity contribution in [1.82, 2.24) is 9.80 Å². The number of ether oxygens (including phenoxy) is 2. The zero-order valence-electron chi connectivity index (χ0n) is 15.3. The van der Waals surface area contributed by atoms with Gasteiger partial charge < -0.3 is 14.4 Å². The van der Waals surface area contributed by atoms with E-state index in [1.807, 2.05) is 4.90 Å². The Bertz CT molecular complexity index is 606. The first-order chi connectivity index (χ1) is 12.3. The van der Waals surface area contributed by atoms with Crippen LogP contribution in [0.1, 0.15) is 30.4 Å². The van der Waals surface area contributed by atoms with Crippen molar-refractivity contribution in [3.8, 4) is 0 Å². The van der Waals surface area contributed by atoms with Crippen molar-refractivity contribution in [2.45, 2.75) is 44.4 Å². The number of nitrogens with zero attached hydrogens (tertiary/aromatic N) is 2. The first-order valence-electron chi connectivity index (χ1n) is 9.61. The second kappa shape index (κ2) is 9.18. The summed E-state index contributed by atoms with van der Waals surface area (Å²) in [7, 11) is 0. The van der Waals surface area contributed by atoms with Crippen LogP contribution in [0.2, 0.25) is 0 Å². The van der Waals surface area contributed by atoms with Gasteiger partial charge in [0.2, 0.25) is 0 Å². The van der Waals surface area contributed by atoms with Crippen molar-refractivity contribution in [3.05, 3.63) is 35.4 Å². The fourth-order valence-corrected chi connectivity index (χ4v) is 4.14. The van der Waals surface area contributed by atoms with Gasteiger partial charge in [0, 0.05) is 39.3 Å². The Balaban J connectivity index is 0.00000196. The molecule has 3 aliphatic heterocycles. The molecule has 0 aromatic heterocycles. The third-order valence-corrected chi connectivity index (χ3v) is 5.60. The maximum Gasteiger partial charge on any atom is 0.253 e. The highest BCUT2D eigenvalue weighted by Crippen LogP contribution is 2.21. The zero-order valence-corrected chi connectivity index (χ0v) is 16.1. The Hall–Kier alpha value is -1.14. The molecule has 3 heterocycles. The monoisotopic (exact) mass is 380 g/mol. The van der Waals surface area contributed by atoms with Gasteiger partial charge in [-0.15, -0.1) is 12.4 Å². The summed E-state index contributed by atoms with van der Waals surface area (Å²) in [5.74, 6) is 0.142. The third kappa shape index (κ3) is 4.58. The van der Waals surface area contributed by atoms with Crippen molar-refractivity contribution in [2.75, 3.05) is 39.4 Å². The van der Waals surface area contributed by atoms with Gasteiger partial charge in [-0.3, -0.25) is 9.69 Å². The first-order valence-corrected chi connectivity index (χ1v) is 9.61. The number of fused-ring (bicyclic) bond motifs is 1. The molecular formula is C20H29ClN2O3.